The monoisotopic (exact) mass is 395 g/mol. The molecule has 0 spiro atoms. The lowest BCUT2D eigenvalue weighted by Crippen LogP contribution is -2.18. The minimum Gasteiger partial charge on any atom is -0.326 e. The molecule has 0 saturated heterocycles. The van der Waals surface area contributed by atoms with E-state index in [1.54, 1.807) is 10.9 Å². The zero-order valence-electron chi connectivity index (χ0n) is 15.9. The van der Waals surface area contributed by atoms with Gasteiger partial charge in [0.1, 0.15) is 0 Å². The van der Waals surface area contributed by atoms with Gasteiger partial charge in [0.05, 0.1) is 17.0 Å². The molecule has 28 heavy (non-hydrogen) atoms. The lowest BCUT2D eigenvalue weighted by Gasteiger charge is -2.17. The molecule has 2 aromatic heterocycles. The first-order valence-electron chi connectivity index (χ1n) is 9.16. The van der Waals surface area contributed by atoms with Crippen molar-refractivity contribution in [3.8, 4) is 11.3 Å². The number of aryl methyl sites for hydroxylation is 2. The highest BCUT2D eigenvalue weighted by Crippen LogP contribution is 2.30. The Kier molecular flexibility index (Phi) is 4.72. The Morgan fingerprint density at radius 1 is 1.32 bits per heavy atom. The van der Waals surface area contributed by atoms with Crippen molar-refractivity contribution in [1.29, 1.82) is 0 Å². The third kappa shape index (κ3) is 3.55. The van der Waals surface area contributed by atoms with Gasteiger partial charge in [0.25, 0.3) is 5.91 Å². The van der Waals surface area contributed by atoms with Crippen molar-refractivity contribution < 1.29 is 9.59 Å². The number of carbonyl (C=O) groups excluding carboxylic acids is 2. The summed E-state index contributed by atoms with van der Waals surface area (Å²) in [7, 11) is 0. The average molecular weight is 395 g/mol. The summed E-state index contributed by atoms with van der Waals surface area (Å²) in [4.78, 5) is 28.7. The number of fused-ring (bicyclic) bond motifs is 1. The SMILES string of the molecule is Cc1nn(C(C)C)cc1C(=O)Nc1nc(-c2ccc3c(c2)CCC(=O)N3)cs1. The molecule has 0 unspecified atom stereocenters. The second-order valence-corrected chi connectivity index (χ2v) is 7.97. The third-order valence-electron chi connectivity index (χ3n) is 4.71. The van der Waals surface area contributed by atoms with Crippen LogP contribution in [0.3, 0.4) is 0 Å². The number of anilines is 2. The lowest BCUT2D eigenvalue weighted by molar-refractivity contribution is -0.116. The Bertz CT molecular complexity index is 1070. The first-order valence-corrected chi connectivity index (χ1v) is 10.0. The predicted molar refractivity (Wildman–Crippen MR) is 110 cm³/mol. The van der Waals surface area contributed by atoms with E-state index in [0.29, 0.717) is 22.8 Å². The molecule has 0 atom stereocenters. The van der Waals surface area contributed by atoms with Gasteiger partial charge < -0.3 is 5.32 Å². The van der Waals surface area contributed by atoms with Crippen LogP contribution in [0.15, 0.2) is 29.8 Å². The molecule has 0 aliphatic carbocycles. The van der Waals surface area contributed by atoms with Gasteiger partial charge in [-0.05, 0) is 44.9 Å². The maximum atomic E-state index is 12.6. The fourth-order valence-corrected chi connectivity index (χ4v) is 3.85. The second-order valence-electron chi connectivity index (χ2n) is 7.11. The molecule has 1 aromatic carbocycles. The number of nitrogens with one attached hydrogen (secondary N) is 2. The summed E-state index contributed by atoms with van der Waals surface area (Å²) in [5.74, 6) is -0.159. The molecule has 0 fully saturated rings. The molecule has 7 nitrogen and oxygen atoms in total. The predicted octanol–water partition coefficient (Wildman–Crippen LogP) is 4.03. The molecule has 1 aliphatic rings. The van der Waals surface area contributed by atoms with E-state index in [2.05, 4.69) is 20.7 Å². The van der Waals surface area contributed by atoms with E-state index in [4.69, 9.17) is 0 Å². The minimum atomic E-state index is -0.210. The van der Waals surface area contributed by atoms with Gasteiger partial charge in [-0.15, -0.1) is 11.3 Å². The summed E-state index contributed by atoms with van der Waals surface area (Å²) in [6.45, 7) is 5.86. The van der Waals surface area contributed by atoms with Crippen LogP contribution in [0.1, 0.15) is 47.9 Å². The van der Waals surface area contributed by atoms with Crippen LogP contribution >= 0.6 is 11.3 Å². The van der Waals surface area contributed by atoms with Crippen molar-refractivity contribution in [2.24, 2.45) is 0 Å². The molecule has 0 bridgehead atoms. The van der Waals surface area contributed by atoms with Gasteiger partial charge in [-0.25, -0.2) is 4.98 Å². The number of rotatable bonds is 4. The largest absolute Gasteiger partial charge is 0.326 e. The topological polar surface area (TPSA) is 88.9 Å². The van der Waals surface area contributed by atoms with Gasteiger partial charge in [-0.3, -0.25) is 19.6 Å². The van der Waals surface area contributed by atoms with E-state index in [1.165, 1.54) is 11.3 Å². The lowest BCUT2D eigenvalue weighted by atomic mass is 9.99. The highest BCUT2D eigenvalue weighted by atomic mass is 32.1. The van der Waals surface area contributed by atoms with Crippen molar-refractivity contribution in [2.45, 2.75) is 39.7 Å². The smallest absolute Gasteiger partial charge is 0.260 e. The molecule has 2 amide bonds. The van der Waals surface area contributed by atoms with Crippen molar-refractivity contribution in [3.05, 3.63) is 46.6 Å². The molecule has 8 heteroatoms. The number of benzene rings is 1. The Hall–Kier alpha value is -3.00. The number of hydrogen-bond acceptors (Lipinski definition) is 5. The fourth-order valence-electron chi connectivity index (χ4n) is 3.14. The summed E-state index contributed by atoms with van der Waals surface area (Å²) in [5.41, 5.74) is 4.98. The first-order chi connectivity index (χ1) is 13.4. The van der Waals surface area contributed by atoms with Gasteiger partial charge in [-0.2, -0.15) is 5.10 Å². The highest BCUT2D eigenvalue weighted by Gasteiger charge is 2.18. The molecule has 1 aliphatic heterocycles. The summed E-state index contributed by atoms with van der Waals surface area (Å²) in [6.07, 6.45) is 2.99. The molecule has 3 heterocycles. The van der Waals surface area contributed by atoms with Crippen molar-refractivity contribution >= 4 is 34.0 Å². The molecule has 144 valence electrons. The van der Waals surface area contributed by atoms with Crippen LogP contribution in [0, 0.1) is 6.92 Å². The van der Waals surface area contributed by atoms with E-state index in [1.807, 2.05) is 44.4 Å². The highest BCUT2D eigenvalue weighted by molar-refractivity contribution is 7.14. The van der Waals surface area contributed by atoms with Crippen LogP contribution in [-0.4, -0.2) is 26.6 Å². The maximum absolute atomic E-state index is 12.6. The van der Waals surface area contributed by atoms with E-state index in [-0.39, 0.29) is 17.9 Å². The zero-order valence-corrected chi connectivity index (χ0v) is 16.8. The van der Waals surface area contributed by atoms with Crippen LogP contribution in [0.5, 0.6) is 0 Å². The van der Waals surface area contributed by atoms with Crippen molar-refractivity contribution in [1.82, 2.24) is 14.8 Å². The van der Waals surface area contributed by atoms with Crippen molar-refractivity contribution in [2.75, 3.05) is 10.6 Å². The summed E-state index contributed by atoms with van der Waals surface area (Å²) in [6, 6.07) is 6.08. The van der Waals surface area contributed by atoms with Crippen LogP contribution in [0.4, 0.5) is 10.8 Å². The van der Waals surface area contributed by atoms with Crippen LogP contribution in [0.25, 0.3) is 11.3 Å². The van der Waals surface area contributed by atoms with Crippen LogP contribution in [-0.2, 0) is 11.2 Å². The Morgan fingerprint density at radius 2 is 2.14 bits per heavy atom. The van der Waals surface area contributed by atoms with Gasteiger partial charge in [0.2, 0.25) is 5.91 Å². The van der Waals surface area contributed by atoms with E-state index in [0.717, 1.165) is 28.9 Å². The van der Waals surface area contributed by atoms with Crippen LogP contribution < -0.4 is 10.6 Å². The zero-order chi connectivity index (χ0) is 19.8. The number of aromatic nitrogens is 3. The molecule has 2 N–H and O–H groups in total. The Balaban J connectivity index is 1.52. The summed E-state index contributed by atoms with van der Waals surface area (Å²) >= 11 is 1.38. The Morgan fingerprint density at radius 3 is 2.89 bits per heavy atom. The molecular weight excluding hydrogens is 374 g/mol. The van der Waals surface area contributed by atoms with Gasteiger partial charge in [-0.1, -0.05) is 6.07 Å². The first kappa shape index (κ1) is 18.4. The maximum Gasteiger partial charge on any atom is 0.260 e. The quantitative estimate of drug-likeness (QED) is 0.698. The average Bonchev–Trinajstić information content (AvgIpc) is 3.28. The molecule has 0 saturated carbocycles. The molecule has 3 aromatic rings. The standard InChI is InChI=1S/C20H21N5O2S/c1-11(2)25-9-15(12(3)24-25)19(27)23-20-22-17(10-28-20)14-4-6-16-13(8-14)5-7-18(26)21-16/h4,6,8-11H,5,7H2,1-3H3,(H,21,26)(H,22,23,27). The molecule has 4 rings (SSSR count). The van der Waals surface area contributed by atoms with Crippen LogP contribution in [0.2, 0.25) is 0 Å². The second kappa shape index (κ2) is 7.20. The summed E-state index contributed by atoms with van der Waals surface area (Å²) < 4.78 is 1.78. The fraction of sp³-hybridized carbons (Fsp3) is 0.300. The van der Waals surface area contributed by atoms with Gasteiger partial charge in [0.15, 0.2) is 5.13 Å². The van der Waals surface area contributed by atoms with Crippen molar-refractivity contribution in [3.63, 3.8) is 0 Å². The Labute approximate surface area is 166 Å². The normalized spacial score (nSPS) is 13.4. The number of carbonyl (C=O) groups is 2. The summed E-state index contributed by atoms with van der Waals surface area (Å²) in [5, 5.41) is 12.6. The number of nitrogens with zero attached hydrogens (tertiary/aromatic N) is 3. The van der Waals surface area contributed by atoms with Gasteiger partial charge >= 0.3 is 0 Å². The van der Waals surface area contributed by atoms with E-state index < -0.39 is 0 Å². The number of hydrogen-bond donors (Lipinski definition) is 2. The third-order valence-corrected chi connectivity index (χ3v) is 5.47. The molecular formula is C20H21N5O2S. The molecule has 0 radical (unpaired) electrons. The number of amides is 2. The minimum absolute atomic E-state index is 0.0509. The van der Waals surface area contributed by atoms with E-state index in [9.17, 15) is 9.59 Å². The van der Waals surface area contributed by atoms with E-state index >= 15 is 0 Å². The van der Waals surface area contributed by atoms with Gasteiger partial charge in [0, 0.05) is 35.3 Å². The number of thiazole rings is 1.